The molecule has 0 unspecified atom stereocenters. The van der Waals surface area contributed by atoms with Crippen LogP contribution >= 0.6 is 35.0 Å². The number of benzene rings is 3. The molecule has 0 aliphatic carbocycles. The number of halogens is 2. The Hall–Kier alpha value is -3.26. The maximum atomic E-state index is 12.8. The molecule has 1 aliphatic rings. The number of amides is 3. The Morgan fingerprint density at radius 3 is 2.50 bits per heavy atom. The molecule has 3 aromatic rings. The molecule has 0 radical (unpaired) electrons. The van der Waals surface area contributed by atoms with Crippen LogP contribution in [0.4, 0.5) is 10.5 Å². The molecule has 172 valence electrons. The summed E-state index contributed by atoms with van der Waals surface area (Å²) in [7, 11) is 0. The number of hydrogen-bond acceptors (Lipinski definition) is 5. The molecule has 34 heavy (non-hydrogen) atoms. The predicted octanol–water partition coefficient (Wildman–Crippen LogP) is 6.25. The van der Waals surface area contributed by atoms with Crippen molar-refractivity contribution in [2.75, 3.05) is 11.9 Å². The molecule has 0 atom stereocenters. The van der Waals surface area contributed by atoms with E-state index in [9.17, 15) is 14.4 Å². The molecule has 4 rings (SSSR count). The molecule has 1 saturated heterocycles. The first-order chi connectivity index (χ1) is 16.4. The predicted molar refractivity (Wildman–Crippen MR) is 135 cm³/mol. The van der Waals surface area contributed by atoms with Gasteiger partial charge in [-0.05, 0) is 48.2 Å². The SMILES string of the molecule is O=C(CN1C(=O)S/C(=C\c2ccccc2OCc2ccc(Cl)cc2Cl)C1=O)Nc1ccccc1. The summed E-state index contributed by atoms with van der Waals surface area (Å²) < 4.78 is 5.92. The first-order valence-corrected chi connectivity index (χ1v) is 11.7. The van der Waals surface area contributed by atoms with Crippen LogP contribution in [0.3, 0.4) is 0 Å². The molecular formula is C25H18Cl2N2O4S. The van der Waals surface area contributed by atoms with Crippen molar-refractivity contribution < 1.29 is 19.1 Å². The fraction of sp³-hybridized carbons (Fsp3) is 0.0800. The zero-order valence-corrected chi connectivity index (χ0v) is 20.0. The second-order valence-electron chi connectivity index (χ2n) is 7.24. The van der Waals surface area contributed by atoms with E-state index in [-0.39, 0.29) is 18.1 Å². The Balaban J connectivity index is 1.46. The molecule has 0 spiro atoms. The molecule has 1 aliphatic heterocycles. The van der Waals surface area contributed by atoms with Crippen molar-refractivity contribution in [3.8, 4) is 5.75 Å². The normalized spacial score (nSPS) is 14.5. The second kappa shape index (κ2) is 10.8. The molecule has 1 heterocycles. The van der Waals surface area contributed by atoms with Gasteiger partial charge in [0.05, 0.1) is 4.91 Å². The van der Waals surface area contributed by atoms with Crippen LogP contribution in [0.1, 0.15) is 11.1 Å². The lowest BCUT2D eigenvalue weighted by Crippen LogP contribution is -2.36. The maximum absolute atomic E-state index is 12.8. The number of carbonyl (C=O) groups is 3. The van der Waals surface area contributed by atoms with E-state index in [2.05, 4.69) is 5.32 Å². The Kier molecular flexibility index (Phi) is 7.57. The molecule has 0 aromatic heterocycles. The summed E-state index contributed by atoms with van der Waals surface area (Å²) >= 11 is 12.9. The largest absolute Gasteiger partial charge is 0.488 e. The van der Waals surface area contributed by atoms with Gasteiger partial charge in [0.15, 0.2) is 0 Å². The monoisotopic (exact) mass is 512 g/mol. The van der Waals surface area contributed by atoms with Crippen molar-refractivity contribution in [1.29, 1.82) is 0 Å². The van der Waals surface area contributed by atoms with E-state index < -0.39 is 17.1 Å². The summed E-state index contributed by atoms with van der Waals surface area (Å²) in [5.74, 6) is -0.478. The highest BCUT2D eigenvalue weighted by atomic mass is 35.5. The van der Waals surface area contributed by atoms with Gasteiger partial charge in [-0.3, -0.25) is 19.3 Å². The highest BCUT2D eigenvalue weighted by Gasteiger charge is 2.36. The van der Waals surface area contributed by atoms with Gasteiger partial charge in [0.1, 0.15) is 18.9 Å². The lowest BCUT2D eigenvalue weighted by Gasteiger charge is -2.12. The summed E-state index contributed by atoms with van der Waals surface area (Å²) in [5.41, 5.74) is 1.96. The molecule has 1 fully saturated rings. The molecule has 3 amide bonds. The Labute approximate surface area is 210 Å². The number of rotatable bonds is 7. The minimum atomic E-state index is -0.534. The van der Waals surface area contributed by atoms with Crippen LogP contribution in [-0.4, -0.2) is 28.5 Å². The molecule has 3 aromatic carbocycles. The number of para-hydroxylation sites is 2. The molecule has 0 bridgehead atoms. The number of anilines is 1. The minimum Gasteiger partial charge on any atom is -0.488 e. The van der Waals surface area contributed by atoms with Crippen LogP contribution in [0.15, 0.2) is 77.7 Å². The van der Waals surface area contributed by atoms with E-state index in [1.807, 2.05) is 6.07 Å². The van der Waals surface area contributed by atoms with Crippen molar-refractivity contribution in [3.63, 3.8) is 0 Å². The topological polar surface area (TPSA) is 75.7 Å². The maximum Gasteiger partial charge on any atom is 0.294 e. The minimum absolute atomic E-state index is 0.196. The van der Waals surface area contributed by atoms with E-state index >= 15 is 0 Å². The zero-order chi connectivity index (χ0) is 24.1. The third kappa shape index (κ3) is 5.80. The first-order valence-electron chi connectivity index (χ1n) is 10.2. The number of nitrogens with one attached hydrogen (secondary N) is 1. The van der Waals surface area contributed by atoms with E-state index in [4.69, 9.17) is 27.9 Å². The van der Waals surface area contributed by atoms with E-state index in [1.54, 1.807) is 72.8 Å². The number of thioether (sulfide) groups is 1. The Morgan fingerprint density at radius 2 is 1.74 bits per heavy atom. The zero-order valence-electron chi connectivity index (χ0n) is 17.7. The summed E-state index contributed by atoms with van der Waals surface area (Å²) in [6.45, 7) is -0.174. The van der Waals surface area contributed by atoms with Gasteiger partial charge in [0.2, 0.25) is 5.91 Å². The Morgan fingerprint density at radius 1 is 1.00 bits per heavy atom. The van der Waals surface area contributed by atoms with Gasteiger partial charge in [-0.1, -0.05) is 65.7 Å². The summed E-state index contributed by atoms with van der Waals surface area (Å²) in [5, 5.41) is 3.18. The van der Waals surface area contributed by atoms with Crippen LogP contribution in [0.5, 0.6) is 5.75 Å². The number of ether oxygens (including phenoxy) is 1. The fourth-order valence-electron chi connectivity index (χ4n) is 3.17. The summed E-state index contributed by atoms with van der Waals surface area (Å²) in [6, 6.07) is 21.1. The summed E-state index contributed by atoms with van der Waals surface area (Å²) in [4.78, 5) is 38.7. The molecule has 0 saturated carbocycles. The second-order valence-corrected chi connectivity index (χ2v) is 9.08. The van der Waals surface area contributed by atoms with Crippen LogP contribution < -0.4 is 10.1 Å². The van der Waals surface area contributed by atoms with Gasteiger partial charge in [-0.25, -0.2) is 0 Å². The van der Waals surface area contributed by atoms with Gasteiger partial charge >= 0.3 is 0 Å². The highest BCUT2D eigenvalue weighted by Crippen LogP contribution is 2.34. The van der Waals surface area contributed by atoms with Gasteiger partial charge in [-0.15, -0.1) is 0 Å². The van der Waals surface area contributed by atoms with Gasteiger partial charge in [0.25, 0.3) is 11.1 Å². The average molecular weight is 513 g/mol. The van der Waals surface area contributed by atoms with Crippen LogP contribution in [-0.2, 0) is 16.2 Å². The van der Waals surface area contributed by atoms with Gasteiger partial charge in [0, 0.05) is 26.9 Å². The number of hydrogen-bond donors (Lipinski definition) is 1. The number of imide groups is 1. The van der Waals surface area contributed by atoms with Crippen molar-refractivity contribution in [1.82, 2.24) is 4.90 Å². The van der Waals surface area contributed by atoms with E-state index in [1.165, 1.54) is 0 Å². The molecule has 6 nitrogen and oxygen atoms in total. The van der Waals surface area contributed by atoms with Crippen LogP contribution in [0.25, 0.3) is 6.08 Å². The van der Waals surface area contributed by atoms with Crippen molar-refractivity contribution >= 4 is 63.8 Å². The Bertz CT molecular complexity index is 1280. The van der Waals surface area contributed by atoms with Crippen molar-refractivity contribution in [2.24, 2.45) is 0 Å². The fourth-order valence-corrected chi connectivity index (χ4v) is 4.46. The van der Waals surface area contributed by atoms with Gasteiger partial charge < -0.3 is 10.1 Å². The lowest BCUT2D eigenvalue weighted by molar-refractivity contribution is -0.127. The lowest BCUT2D eigenvalue weighted by atomic mass is 10.1. The smallest absolute Gasteiger partial charge is 0.294 e. The third-order valence-corrected chi connectivity index (χ3v) is 6.33. The van der Waals surface area contributed by atoms with Crippen LogP contribution in [0, 0.1) is 0 Å². The van der Waals surface area contributed by atoms with Crippen molar-refractivity contribution in [3.05, 3.63) is 98.9 Å². The quantitative estimate of drug-likeness (QED) is 0.378. The molecule has 9 heteroatoms. The summed E-state index contributed by atoms with van der Waals surface area (Å²) in [6.07, 6.45) is 1.58. The van der Waals surface area contributed by atoms with E-state index in [0.29, 0.717) is 27.0 Å². The average Bonchev–Trinajstić information content (AvgIpc) is 3.07. The van der Waals surface area contributed by atoms with Crippen molar-refractivity contribution in [2.45, 2.75) is 6.61 Å². The van der Waals surface area contributed by atoms with Gasteiger partial charge in [-0.2, -0.15) is 0 Å². The standard InChI is InChI=1S/C25H18Cl2N2O4S/c26-18-11-10-17(20(27)13-18)15-33-21-9-5-4-6-16(21)12-22-24(31)29(25(32)34-22)14-23(30)28-19-7-2-1-3-8-19/h1-13H,14-15H2,(H,28,30)/b22-12-. The van der Waals surface area contributed by atoms with E-state index in [0.717, 1.165) is 22.2 Å². The molecule has 1 N–H and O–H groups in total. The third-order valence-electron chi connectivity index (χ3n) is 4.84. The highest BCUT2D eigenvalue weighted by molar-refractivity contribution is 8.18. The molecular weight excluding hydrogens is 495 g/mol. The van der Waals surface area contributed by atoms with Crippen LogP contribution in [0.2, 0.25) is 10.0 Å². The number of nitrogens with zero attached hydrogens (tertiary/aromatic N) is 1. The first kappa shape index (κ1) is 23.9. The number of carbonyl (C=O) groups excluding carboxylic acids is 3.